The van der Waals surface area contributed by atoms with Crippen LogP contribution in [0, 0.1) is 0 Å². The highest BCUT2D eigenvalue weighted by atomic mass is 14.9. The Morgan fingerprint density at radius 1 is 1.08 bits per heavy atom. The molecule has 0 amide bonds. The summed E-state index contributed by atoms with van der Waals surface area (Å²) in [6.45, 7) is 7.17. The second-order valence-corrected chi connectivity index (χ2v) is 2.97. The van der Waals surface area contributed by atoms with E-state index in [9.17, 15) is 0 Å². The van der Waals surface area contributed by atoms with Gasteiger partial charge >= 0.3 is 0 Å². The van der Waals surface area contributed by atoms with Crippen LogP contribution in [0.5, 0.6) is 0 Å². The van der Waals surface area contributed by atoms with Crippen LogP contribution in [0.3, 0.4) is 0 Å². The van der Waals surface area contributed by atoms with E-state index in [-0.39, 0.29) is 0 Å². The van der Waals surface area contributed by atoms with Crippen LogP contribution in [-0.4, -0.2) is 13.1 Å². The highest BCUT2D eigenvalue weighted by Gasteiger charge is 1.97. The molecule has 0 bridgehead atoms. The normalized spacial score (nSPS) is 10.0. The molecule has 2 nitrogen and oxygen atoms in total. The number of anilines is 1. The predicted molar refractivity (Wildman–Crippen MR) is 58.0 cm³/mol. The van der Waals surface area contributed by atoms with Gasteiger partial charge in [0.25, 0.3) is 0 Å². The van der Waals surface area contributed by atoms with Crippen LogP contribution in [0.4, 0.5) is 5.69 Å². The summed E-state index contributed by atoms with van der Waals surface area (Å²) >= 11 is 0. The lowest BCUT2D eigenvalue weighted by atomic mass is 10.2. The van der Waals surface area contributed by atoms with Gasteiger partial charge in [-0.2, -0.15) is 0 Å². The third-order valence-electron chi connectivity index (χ3n) is 1.95. The second-order valence-electron chi connectivity index (χ2n) is 2.97. The molecule has 0 fully saturated rings. The first-order chi connectivity index (χ1) is 6.38. The van der Waals surface area contributed by atoms with Gasteiger partial charge in [-0.25, -0.2) is 0 Å². The van der Waals surface area contributed by atoms with Crippen molar-refractivity contribution in [2.75, 3.05) is 18.4 Å². The topological polar surface area (TPSA) is 24.1 Å². The first-order valence-corrected chi connectivity index (χ1v) is 4.91. The molecule has 0 saturated heterocycles. The Kier molecular flexibility index (Phi) is 4.33. The van der Waals surface area contributed by atoms with Gasteiger partial charge in [0.1, 0.15) is 0 Å². The van der Waals surface area contributed by atoms with E-state index in [4.69, 9.17) is 0 Å². The molecule has 0 aliphatic rings. The summed E-state index contributed by atoms with van der Waals surface area (Å²) in [5.41, 5.74) is 2.58. The van der Waals surface area contributed by atoms with Crippen molar-refractivity contribution < 1.29 is 0 Å². The maximum absolute atomic E-state index is 3.35. The first kappa shape index (κ1) is 10.1. The lowest BCUT2D eigenvalue weighted by molar-refractivity contribution is 0.727. The first-order valence-electron chi connectivity index (χ1n) is 4.91. The summed E-state index contributed by atoms with van der Waals surface area (Å²) in [4.78, 5) is 0. The average molecular weight is 178 g/mol. The standard InChI is InChI=1S/C11H18N2/c1-3-12-9-10-7-5-6-8-11(10)13-4-2/h5-8,12-13H,3-4,9H2,1-2H3. The number of para-hydroxylation sites is 1. The van der Waals surface area contributed by atoms with Crippen molar-refractivity contribution >= 4 is 5.69 Å². The smallest absolute Gasteiger partial charge is 0.0385 e. The molecule has 1 rings (SSSR count). The molecule has 72 valence electrons. The zero-order valence-corrected chi connectivity index (χ0v) is 8.43. The van der Waals surface area contributed by atoms with E-state index in [0.717, 1.165) is 19.6 Å². The molecule has 0 unspecified atom stereocenters. The molecular formula is C11H18N2. The molecule has 13 heavy (non-hydrogen) atoms. The van der Waals surface area contributed by atoms with E-state index < -0.39 is 0 Å². The summed E-state index contributed by atoms with van der Waals surface area (Å²) in [6.07, 6.45) is 0. The lowest BCUT2D eigenvalue weighted by Gasteiger charge is -2.10. The zero-order chi connectivity index (χ0) is 9.52. The number of hydrogen-bond donors (Lipinski definition) is 2. The third kappa shape index (κ3) is 3.07. The van der Waals surface area contributed by atoms with Crippen LogP contribution in [-0.2, 0) is 6.54 Å². The van der Waals surface area contributed by atoms with E-state index in [1.54, 1.807) is 0 Å². The summed E-state index contributed by atoms with van der Waals surface area (Å²) in [5, 5.41) is 6.67. The van der Waals surface area contributed by atoms with Gasteiger partial charge in [-0.3, -0.25) is 0 Å². The van der Waals surface area contributed by atoms with Crippen molar-refractivity contribution in [3.63, 3.8) is 0 Å². The highest BCUT2D eigenvalue weighted by Crippen LogP contribution is 2.13. The fourth-order valence-corrected chi connectivity index (χ4v) is 1.30. The van der Waals surface area contributed by atoms with E-state index >= 15 is 0 Å². The van der Waals surface area contributed by atoms with Gasteiger partial charge in [-0.05, 0) is 25.1 Å². The SMILES string of the molecule is CCNCc1ccccc1NCC. The Labute approximate surface area is 80.4 Å². The fraction of sp³-hybridized carbons (Fsp3) is 0.455. The van der Waals surface area contributed by atoms with Gasteiger partial charge < -0.3 is 10.6 Å². The van der Waals surface area contributed by atoms with E-state index in [1.807, 2.05) is 0 Å². The van der Waals surface area contributed by atoms with Crippen molar-refractivity contribution in [3.8, 4) is 0 Å². The van der Waals surface area contributed by atoms with Gasteiger partial charge in [0.05, 0.1) is 0 Å². The van der Waals surface area contributed by atoms with E-state index in [0.29, 0.717) is 0 Å². The van der Waals surface area contributed by atoms with Gasteiger partial charge in [0, 0.05) is 18.8 Å². The predicted octanol–water partition coefficient (Wildman–Crippen LogP) is 2.23. The summed E-state index contributed by atoms with van der Waals surface area (Å²) in [5.74, 6) is 0. The van der Waals surface area contributed by atoms with Gasteiger partial charge in [-0.1, -0.05) is 25.1 Å². The maximum atomic E-state index is 3.35. The molecule has 0 aromatic heterocycles. The summed E-state index contributed by atoms with van der Waals surface area (Å²) < 4.78 is 0. The lowest BCUT2D eigenvalue weighted by Crippen LogP contribution is -2.13. The molecule has 0 heterocycles. The van der Waals surface area contributed by atoms with Crippen molar-refractivity contribution in [2.45, 2.75) is 20.4 Å². The molecule has 2 N–H and O–H groups in total. The number of benzene rings is 1. The van der Waals surface area contributed by atoms with Gasteiger partial charge in [0.2, 0.25) is 0 Å². The van der Waals surface area contributed by atoms with Crippen LogP contribution < -0.4 is 10.6 Å². The zero-order valence-electron chi connectivity index (χ0n) is 8.43. The largest absolute Gasteiger partial charge is 0.385 e. The van der Waals surface area contributed by atoms with Crippen molar-refractivity contribution in [2.24, 2.45) is 0 Å². The van der Waals surface area contributed by atoms with Crippen LogP contribution >= 0.6 is 0 Å². The minimum Gasteiger partial charge on any atom is -0.385 e. The second kappa shape index (κ2) is 5.60. The molecule has 0 saturated carbocycles. The summed E-state index contributed by atoms with van der Waals surface area (Å²) in [7, 11) is 0. The summed E-state index contributed by atoms with van der Waals surface area (Å²) in [6, 6.07) is 8.41. The van der Waals surface area contributed by atoms with Crippen LogP contribution in [0.1, 0.15) is 19.4 Å². The number of nitrogens with one attached hydrogen (secondary N) is 2. The molecule has 0 atom stereocenters. The van der Waals surface area contributed by atoms with Crippen LogP contribution in [0.2, 0.25) is 0 Å². The minimum absolute atomic E-state index is 0.944. The van der Waals surface area contributed by atoms with Gasteiger partial charge in [0.15, 0.2) is 0 Å². The quantitative estimate of drug-likeness (QED) is 0.722. The Balaban J connectivity index is 2.66. The highest BCUT2D eigenvalue weighted by molar-refractivity contribution is 5.50. The number of rotatable bonds is 5. The minimum atomic E-state index is 0.944. The third-order valence-corrected chi connectivity index (χ3v) is 1.95. The monoisotopic (exact) mass is 178 g/mol. The van der Waals surface area contributed by atoms with E-state index in [1.165, 1.54) is 11.3 Å². The maximum Gasteiger partial charge on any atom is 0.0385 e. The number of hydrogen-bond acceptors (Lipinski definition) is 2. The molecule has 0 aliphatic carbocycles. The van der Waals surface area contributed by atoms with Crippen molar-refractivity contribution in [3.05, 3.63) is 29.8 Å². The molecule has 0 aliphatic heterocycles. The van der Waals surface area contributed by atoms with Crippen LogP contribution in [0.15, 0.2) is 24.3 Å². The van der Waals surface area contributed by atoms with Gasteiger partial charge in [-0.15, -0.1) is 0 Å². The van der Waals surface area contributed by atoms with Crippen LogP contribution in [0.25, 0.3) is 0 Å². The van der Waals surface area contributed by atoms with Crippen molar-refractivity contribution in [1.29, 1.82) is 0 Å². The molecule has 0 spiro atoms. The fourth-order valence-electron chi connectivity index (χ4n) is 1.30. The Morgan fingerprint density at radius 3 is 2.54 bits per heavy atom. The molecule has 1 aromatic carbocycles. The molecular weight excluding hydrogens is 160 g/mol. The Hall–Kier alpha value is -1.02. The Bertz CT molecular complexity index is 246. The Morgan fingerprint density at radius 2 is 1.85 bits per heavy atom. The molecule has 2 heteroatoms. The molecule has 0 radical (unpaired) electrons. The molecule has 1 aromatic rings. The average Bonchev–Trinajstić information content (AvgIpc) is 2.17. The van der Waals surface area contributed by atoms with E-state index in [2.05, 4.69) is 48.7 Å². The van der Waals surface area contributed by atoms with Crippen molar-refractivity contribution in [1.82, 2.24) is 5.32 Å².